The van der Waals surface area contributed by atoms with E-state index < -0.39 is 0 Å². The highest BCUT2D eigenvalue weighted by atomic mass is 32.1. The zero-order valence-electron chi connectivity index (χ0n) is 13.6. The summed E-state index contributed by atoms with van der Waals surface area (Å²) in [4.78, 5) is 1.18. The molecule has 0 N–H and O–H groups in total. The minimum Gasteiger partial charge on any atom is -0.143 e. The maximum atomic E-state index is 4.85. The van der Waals surface area contributed by atoms with Crippen molar-refractivity contribution in [1.82, 2.24) is 0 Å². The monoisotopic (exact) mass is 310 g/mol. The highest BCUT2D eigenvalue weighted by molar-refractivity contribution is 7.80. The van der Waals surface area contributed by atoms with Crippen LogP contribution in [0, 0.1) is 5.92 Å². The molecule has 0 nitrogen and oxygen atoms in total. The molecule has 1 aliphatic rings. The normalized spacial score (nSPS) is 16.6. The Kier molecular flexibility index (Phi) is 4.93. The summed E-state index contributed by atoms with van der Waals surface area (Å²) in [5, 5.41) is 2.55. The summed E-state index contributed by atoms with van der Waals surface area (Å²) in [5.41, 5.74) is 3.76. The molecule has 1 fully saturated rings. The van der Waals surface area contributed by atoms with Crippen LogP contribution in [-0.2, 0) is 6.42 Å². The van der Waals surface area contributed by atoms with Crippen LogP contribution in [0.25, 0.3) is 16.3 Å². The second-order valence-corrected chi connectivity index (χ2v) is 7.30. The molecular weight excluding hydrogens is 284 g/mol. The first-order valence-corrected chi connectivity index (χ1v) is 9.00. The number of fused-ring (bicyclic) bond motifs is 1. The molecule has 1 aliphatic carbocycles. The van der Waals surface area contributed by atoms with Crippen molar-refractivity contribution in [2.45, 2.75) is 56.8 Å². The number of rotatable bonds is 3. The first-order valence-electron chi connectivity index (χ1n) is 8.55. The molecule has 22 heavy (non-hydrogen) atoms. The average molecular weight is 311 g/mol. The molecule has 0 saturated heterocycles. The predicted molar refractivity (Wildman–Crippen MR) is 101 cm³/mol. The van der Waals surface area contributed by atoms with E-state index in [-0.39, 0.29) is 0 Å². The van der Waals surface area contributed by atoms with Gasteiger partial charge in [-0.3, -0.25) is 0 Å². The molecule has 0 radical (unpaired) electrons. The Bertz CT molecular complexity index is 676. The van der Waals surface area contributed by atoms with Crippen molar-refractivity contribution in [3.05, 3.63) is 48.0 Å². The van der Waals surface area contributed by atoms with Crippen LogP contribution in [0.5, 0.6) is 0 Å². The van der Waals surface area contributed by atoms with E-state index in [0.29, 0.717) is 0 Å². The zero-order chi connectivity index (χ0) is 15.5. The zero-order valence-corrected chi connectivity index (χ0v) is 14.5. The summed E-state index contributed by atoms with van der Waals surface area (Å²) in [7, 11) is 0. The maximum absolute atomic E-state index is 4.85. The Morgan fingerprint density at radius 2 is 1.82 bits per heavy atom. The van der Waals surface area contributed by atoms with Crippen molar-refractivity contribution in [2.75, 3.05) is 0 Å². The molecule has 1 saturated carbocycles. The molecule has 0 aromatic heterocycles. The van der Waals surface area contributed by atoms with E-state index in [0.717, 1.165) is 11.5 Å². The van der Waals surface area contributed by atoms with E-state index in [1.165, 1.54) is 71.7 Å². The lowest BCUT2D eigenvalue weighted by molar-refractivity contribution is 0.456. The van der Waals surface area contributed by atoms with Crippen LogP contribution in [0.1, 0.15) is 56.6 Å². The molecule has 0 unspecified atom stereocenters. The number of allylic oxidation sites excluding steroid dienone is 1. The van der Waals surface area contributed by atoms with E-state index >= 15 is 0 Å². The van der Waals surface area contributed by atoms with Gasteiger partial charge in [0, 0.05) is 4.90 Å². The van der Waals surface area contributed by atoms with Gasteiger partial charge in [0.2, 0.25) is 0 Å². The van der Waals surface area contributed by atoms with Gasteiger partial charge < -0.3 is 0 Å². The Hall–Kier alpha value is -1.21. The van der Waals surface area contributed by atoms with Crippen molar-refractivity contribution in [2.24, 2.45) is 5.92 Å². The summed E-state index contributed by atoms with van der Waals surface area (Å²) in [6, 6.07) is 11.1. The van der Waals surface area contributed by atoms with E-state index in [4.69, 9.17) is 12.6 Å². The van der Waals surface area contributed by atoms with Gasteiger partial charge in [0.05, 0.1) is 0 Å². The fourth-order valence-electron chi connectivity index (χ4n) is 3.67. The average Bonchev–Trinajstić information content (AvgIpc) is 2.78. The summed E-state index contributed by atoms with van der Waals surface area (Å²) in [6.07, 6.45) is 9.62. The minimum atomic E-state index is 0.848. The minimum absolute atomic E-state index is 0.848. The molecule has 3 rings (SSSR count). The molecular formula is C21H26S. The van der Waals surface area contributed by atoms with Gasteiger partial charge in [-0.2, -0.15) is 0 Å². The maximum Gasteiger partial charge on any atom is 0.0151 e. The predicted octanol–water partition coefficient (Wildman–Crippen LogP) is 6.67. The lowest BCUT2D eigenvalue weighted by Crippen LogP contribution is -2.04. The fraction of sp³-hybridized carbons (Fsp3) is 0.429. The van der Waals surface area contributed by atoms with Gasteiger partial charge >= 0.3 is 0 Å². The van der Waals surface area contributed by atoms with Gasteiger partial charge in [0.15, 0.2) is 0 Å². The first-order chi connectivity index (χ1) is 10.6. The fourth-order valence-corrected chi connectivity index (χ4v) is 4.04. The molecule has 0 aliphatic heterocycles. The topological polar surface area (TPSA) is 0 Å². The van der Waals surface area contributed by atoms with Crippen molar-refractivity contribution < 1.29 is 0 Å². The van der Waals surface area contributed by atoms with Gasteiger partial charge in [-0.1, -0.05) is 74.9 Å². The number of hydrogen-bond donors (Lipinski definition) is 1. The van der Waals surface area contributed by atoms with Gasteiger partial charge in [-0.25, -0.2) is 0 Å². The van der Waals surface area contributed by atoms with Crippen molar-refractivity contribution in [1.29, 1.82) is 0 Å². The largest absolute Gasteiger partial charge is 0.143 e. The molecule has 0 atom stereocenters. The number of hydrogen-bond acceptors (Lipinski definition) is 1. The third kappa shape index (κ3) is 3.41. The number of benzene rings is 2. The van der Waals surface area contributed by atoms with Crippen LogP contribution in [-0.4, -0.2) is 0 Å². The highest BCUT2D eigenvalue weighted by Gasteiger charge is 2.15. The Labute approximate surface area is 140 Å². The molecule has 2 aromatic rings. The third-order valence-corrected chi connectivity index (χ3v) is 5.58. The first kappa shape index (κ1) is 15.7. The lowest BCUT2D eigenvalue weighted by atomic mass is 9.91. The molecule has 2 aromatic carbocycles. The van der Waals surface area contributed by atoms with Crippen LogP contribution in [0.15, 0.2) is 41.8 Å². The third-order valence-electron chi connectivity index (χ3n) is 5.05. The Morgan fingerprint density at radius 3 is 2.50 bits per heavy atom. The second-order valence-electron chi connectivity index (χ2n) is 6.85. The molecule has 0 spiro atoms. The smallest absolute Gasteiger partial charge is 0.0151 e. The van der Waals surface area contributed by atoms with Gasteiger partial charge in [0.1, 0.15) is 0 Å². The summed E-state index contributed by atoms with van der Waals surface area (Å²) in [6.45, 7) is 6.10. The van der Waals surface area contributed by atoms with Crippen LogP contribution in [0.4, 0.5) is 0 Å². The second kappa shape index (κ2) is 6.91. The van der Waals surface area contributed by atoms with Crippen molar-refractivity contribution in [3.63, 3.8) is 0 Å². The Morgan fingerprint density at radius 1 is 1.09 bits per heavy atom. The molecule has 0 amide bonds. The highest BCUT2D eigenvalue weighted by Crippen LogP contribution is 2.32. The molecule has 116 valence electrons. The summed E-state index contributed by atoms with van der Waals surface area (Å²) >= 11 is 4.85. The number of thiol groups is 1. The standard InChI is InChI=1S/C21H26S/c1-15(2)17-11-12-20-18(14-17)9-10-19(21(20)22)13-16-7-5-3-4-6-8-16/h9-12,14,16,22H,1,3-8,13H2,2H3. The van der Waals surface area contributed by atoms with Gasteiger partial charge in [-0.15, -0.1) is 12.6 Å². The van der Waals surface area contributed by atoms with E-state index in [2.05, 4.69) is 43.8 Å². The van der Waals surface area contributed by atoms with Crippen molar-refractivity contribution in [3.8, 4) is 0 Å². The Balaban J connectivity index is 1.89. The van der Waals surface area contributed by atoms with Gasteiger partial charge in [0.25, 0.3) is 0 Å². The van der Waals surface area contributed by atoms with Crippen LogP contribution < -0.4 is 0 Å². The van der Waals surface area contributed by atoms with Crippen LogP contribution >= 0.6 is 12.6 Å². The quantitative estimate of drug-likeness (QED) is 0.474. The van der Waals surface area contributed by atoms with Gasteiger partial charge in [-0.05, 0) is 47.2 Å². The van der Waals surface area contributed by atoms with Crippen LogP contribution in [0.2, 0.25) is 0 Å². The van der Waals surface area contributed by atoms with E-state index in [1.54, 1.807) is 0 Å². The van der Waals surface area contributed by atoms with E-state index in [9.17, 15) is 0 Å². The lowest BCUT2D eigenvalue weighted by Gasteiger charge is -2.16. The van der Waals surface area contributed by atoms with Crippen molar-refractivity contribution >= 4 is 29.0 Å². The summed E-state index contributed by atoms with van der Waals surface area (Å²) < 4.78 is 0. The molecule has 1 heteroatoms. The SMILES string of the molecule is C=C(C)c1ccc2c(S)c(CC3CCCCCC3)ccc2c1. The van der Waals surface area contributed by atoms with Crippen LogP contribution in [0.3, 0.4) is 0 Å². The summed E-state index contributed by atoms with van der Waals surface area (Å²) in [5.74, 6) is 0.848. The molecule has 0 bridgehead atoms. The molecule has 0 heterocycles. The van der Waals surface area contributed by atoms with E-state index in [1.807, 2.05) is 0 Å².